The van der Waals surface area contributed by atoms with Gasteiger partial charge in [0, 0.05) is 0 Å². The predicted molar refractivity (Wildman–Crippen MR) is 103 cm³/mol. The molecule has 2 aromatic carbocycles. The maximum Gasteiger partial charge on any atom is 0.514 e. The third-order valence-corrected chi connectivity index (χ3v) is 4.21. The van der Waals surface area contributed by atoms with Gasteiger partial charge in [0.1, 0.15) is 17.1 Å². The fourth-order valence-electron chi connectivity index (χ4n) is 2.84. The van der Waals surface area contributed by atoms with Gasteiger partial charge >= 0.3 is 6.16 Å². The fourth-order valence-corrected chi connectivity index (χ4v) is 2.84. The molecule has 0 bridgehead atoms. The zero-order valence-electron chi connectivity index (χ0n) is 16.2. The molecule has 0 spiro atoms. The normalized spacial score (nSPS) is 13.7. The first kappa shape index (κ1) is 19.8. The molecule has 0 aromatic heterocycles. The summed E-state index contributed by atoms with van der Waals surface area (Å²) in [6, 6.07) is 14.9. The second kappa shape index (κ2) is 8.26. The Kier molecular flexibility index (Phi) is 6.30. The zero-order valence-corrected chi connectivity index (χ0v) is 16.2. The Morgan fingerprint density at radius 1 is 0.923 bits per heavy atom. The summed E-state index contributed by atoms with van der Waals surface area (Å²) in [4.78, 5) is 11.7. The highest BCUT2D eigenvalue weighted by atomic mass is 16.7. The lowest BCUT2D eigenvalue weighted by atomic mass is 9.87. The van der Waals surface area contributed by atoms with Crippen molar-refractivity contribution in [3.63, 3.8) is 0 Å². The van der Waals surface area contributed by atoms with Crippen LogP contribution in [0.2, 0.25) is 0 Å². The monoisotopic (exact) mass is 356 g/mol. The standard InChI is InChI=1S/C22H28O4/c1-15(17-6-10-19(23)11-7-17)14-16(2)18-8-12-20(13-9-18)25-21(24)26-22(3,4)5/h6-13,15-16,23H,14H2,1-5H3. The SMILES string of the molecule is CC(CC(C)c1ccc(OC(=O)OC(C)(C)C)cc1)c1ccc(O)cc1. The molecule has 2 unspecified atom stereocenters. The minimum atomic E-state index is -0.695. The van der Waals surface area contributed by atoms with Crippen LogP contribution in [0, 0.1) is 0 Å². The summed E-state index contributed by atoms with van der Waals surface area (Å²) in [6.45, 7) is 9.76. The zero-order chi connectivity index (χ0) is 19.3. The van der Waals surface area contributed by atoms with Crippen molar-refractivity contribution in [2.75, 3.05) is 0 Å². The summed E-state index contributed by atoms with van der Waals surface area (Å²) in [6.07, 6.45) is 0.288. The first-order valence-electron chi connectivity index (χ1n) is 8.94. The molecular formula is C22H28O4. The van der Waals surface area contributed by atoms with Crippen LogP contribution in [0.15, 0.2) is 48.5 Å². The van der Waals surface area contributed by atoms with Gasteiger partial charge in [0.05, 0.1) is 0 Å². The fraction of sp³-hybridized carbons (Fsp3) is 0.409. The molecule has 4 heteroatoms. The van der Waals surface area contributed by atoms with Crippen LogP contribution >= 0.6 is 0 Å². The van der Waals surface area contributed by atoms with Crippen LogP contribution in [-0.4, -0.2) is 16.9 Å². The minimum Gasteiger partial charge on any atom is -0.508 e. The van der Waals surface area contributed by atoms with Gasteiger partial charge in [-0.2, -0.15) is 0 Å². The van der Waals surface area contributed by atoms with E-state index in [4.69, 9.17) is 9.47 Å². The van der Waals surface area contributed by atoms with Crippen LogP contribution in [-0.2, 0) is 4.74 Å². The molecule has 0 saturated heterocycles. The van der Waals surface area contributed by atoms with Crippen LogP contribution in [0.25, 0.3) is 0 Å². The van der Waals surface area contributed by atoms with E-state index in [1.165, 1.54) is 11.1 Å². The van der Waals surface area contributed by atoms with Gasteiger partial charge in [0.25, 0.3) is 0 Å². The van der Waals surface area contributed by atoms with Gasteiger partial charge in [-0.15, -0.1) is 0 Å². The van der Waals surface area contributed by atoms with E-state index in [1.54, 1.807) is 45.0 Å². The van der Waals surface area contributed by atoms with Crippen molar-refractivity contribution in [2.24, 2.45) is 0 Å². The van der Waals surface area contributed by atoms with E-state index in [2.05, 4.69) is 13.8 Å². The Hall–Kier alpha value is -2.49. The number of hydrogen-bond donors (Lipinski definition) is 1. The van der Waals surface area contributed by atoms with E-state index in [0.29, 0.717) is 17.6 Å². The quantitative estimate of drug-likeness (QED) is 0.527. The molecular weight excluding hydrogens is 328 g/mol. The summed E-state index contributed by atoms with van der Waals surface area (Å²) < 4.78 is 10.4. The predicted octanol–water partition coefficient (Wildman–Crippen LogP) is 6.00. The number of phenolic OH excluding ortho intramolecular Hbond substituents is 1. The van der Waals surface area contributed by atoms with Crippen molar-refractivity contribution >= 4 is 6.16 Å². The molecule has 2 atom stereocenters. The van der Waals surface area contributed by atoms with Crippen molar-refractivity contribution in [2.45, 2.75) is 58.5 Å². The molecule has 0 heterocycles. The molecule has 140 valence electrons. The van der Waals surface area contributed by atoms with Crippen molar-refractivity contribution < 1.29 is 19.4 Å². The van der Waals surface area contributed by atoms with Crippen LogP contribution in [0.3, 0.4) is 0 Å². The number of carbonyl (C=O) groups is 1. The Bertz CT molecular complexity index is 711. The second-order valence-electron chi connectivity index (χ2n) is 7.76. The van der Waals surface area contributed by atoms with Crippen LogP contribution in [0.4, 0.5) is 4.79 Å². The van der Waals surface area contributed by atoms with Gasteiger partial charge in [-0.05, 0) is 74.4 Å². The summed E-state index contributed by atoms with van der Waals surface area (Å²) in [5.41, 5.74) is 1.82. The van der Waals surface area contributed by atoms with E-state index in [1.807, 2.05) is 24.3 Å². The summed E-state index contributed by atoms with van der Waals surface area (Å²) >= 11 is 0. The Morgan fingerprint density at radius 2 is 1.38 bits per heavy atom. The number of ether oxygens (including phenoxy) is 2. The molecule has 1 N–H and O–H groups in total. The number of phenols is 1. The maximum absolute atomic E-state index is 11.7. The molecule has 4 nitrogen and oxygen atoms in total. The number of benzene rings is 2. The molecule has 0 fully saturated rings. The Labute approximate surface area is 155 Å². The Morgan fingerprint density at radius 3 is 1.85 bits per heavy atom. The lowest BCUT2D eigenvalue weighted by molar-refractivity contribution is 0.0206. The average Bonchev–Trinajstić information content (AvgIpc) is 2.54. The van der Waals surface area contributed by atoms with E-state index >= 15 is 0 Å². The second-order valence-corrected chi connectivity index (χ2v) is 7.76. The molecule has 0 radical (unpaired) electrons. The van der Waals surface area contributed by atoms with Crippen molar-refractivity contribution in [1.29, 1.82) is 0 Å². The van der Waals surface area contributed by atoms with Gasteiger partial charge in [0.2, 0.25) is 0 Å². The maximum atomic E-state index is 11.7. The van der Waals surface area contributed by atoms with Gasteiger partial charge in [-0.3, -0.25) is 0 Å². The first-order chi connectivity index (χ1) is 12.1. The number of carbonyl (C=O) groups excluding carboxylic acids is 1. The molecule has 0 amide bonds. The summed E-state index contributed by atoms with van der Waals surface area (Å²) in [5, 5.41) is 9.40. The molecule has 2 aromatic rings. The topological polar surface area (TPSA) is 55.8 Å². The van der Waals surface area contributed by atoms with Crippen molar-refractivity contribution in [1.82, 2.24) is 0 Å². The van der Waals surface area contributed by atoms with E-state index in [0.717, 1.165) is 6.42 Å². The largest absolute Gasteiger partial charge is 0.514 e. The van der Waals surface area contributed by atoms with Crippen LogP contribution < -0.4 is 4.74 Å². The molecule has 0 aliphatic rings. The minimum absolute atomic E-state index is 0.287. The molecule has 2 rings (SSSR count). The van der Waals surface area contributed by atoms with Gasteiger partial charge < -0.3 is 14.6 Å². The summed E-state index contributed by atoms with van der Waals surface area (Å²) in [7, 11) is 0. The molecule has 0 aliphatic carbocycles. The van der Waals surface area contributed by atoms with Crippen LogP contribution in [0.5, 0.6) is 11.5 Å². The smallest absolute Gasteiger partial charge is 0.508 e. The van der Waals surface area contributed by atoms with Gasteiger partial charge in [-0.25, -0.2) is 4.79 Å². The number of aromatic hydroxyl groups is 1. The molecule has 0 saturated carbocycles. The van der Waals surface area contributed by atoms with E-state index < -0.39 is 11.8 Å². The van der Waals surface area contributed by atoms with E-state index in [-0.39, 0.29) is 5.75 Å². The van der Waals surface area contributed by atoms with Crippen molar-refractivity contribution in [3.8, 4) is 11.5 Å². The highest BCUT2D eigenvalue weighted by molar-refractivity contribution is 5.64. The third kappa shape index (κ3) is 6.10. The van der Waals surface area contributed by atoms with Gasteiger partial charge in [0.15, 0.2) is 0 Å². The lowest BCUT2D eigenvalue weighted by Crippen LogP contribution is -2.25. The highest BCUT2D eigenvalue weighted by Gasteiger charge is 2.18. The average molecular weight is 356 g/mol. The number of rotatable bonds is 5. The summed E-state index contributed by atoms with van der Waals surface area (Å²) in [5.74, 6) is 1.49. The van der Waals surface area contributed by atoms with Crippen molar-refractivity contribution in [3.05, 3.63) is 59.7 Å². The molecule has 0 aliphatic heterocycles. The Balaban J connectivity index is 1.94. The van der Waals surface area contributed by atoms with E-state index in [9.17, 15) is 9.90 Å². The molecule has 26 heavy (non-hydrogen) atoms. The third-order valence-electron chi connectivity index (χ3n) is 4.21. The lowest BCUT2D eigenvalue weighted by Gasteiger charge is -2.19. The first-order valence-corrected chi connectivity index (χ1v) is 8.94. The number of hydrogen-bond acceptors (Lipinski definition) is 4. The van der Waals surface area contributed by atoms with Gasteiger partial charge in [-0.1, -0.05) is 38.1 Å². The van der Waals surface area contributed by atoms with Crippen LogP contribution in [0.1, 0.15) is 64.0 Å². The highest BCUT2D eigenvalue weighted by Crippen LogP contribution is 2.31.